The van der Waals surface area contributed by atoms with Gasteiger partial charge < -0.3 is 20.3 Å². The van der Waals surface area contributed by atoms with Crippen molar-refractivity contribution in [2.75, 3.05) is 44.0 Å². The molecule has 2 N–H and O–H groups in total. The van der Waals surface area contributed by atoms with Gasteiger partial charge in [-0.1, -0.05) is 0 Å². The molecular formula is C17H18F3N5O2. The quantitative estimate of drug-likeness (QED) is 0.848. The average molecular weight is 381 g/mol. The average Bonchev–Trinajstić information content (AvgIpc) is 2.67. The first-order chi connectivity index (χ1) is 12.9. The topological polar surface area (TPSA) is 79.4 Å². The molecule has 2 aromatic rings. The fraction of sp³-hybridized carbons (Fsp3) is 0.353. The summed E-state index contributed by atoms with van der Waals surface area (Å²) in [4.78, 5) is 21.7. The monoisotopic (exact) mass is 381 g/mol. The highest BCUT2D eigenvalue weighted by Gasteiger charge is 2.35. The van der Waals surface area contributed by atoms with Crippen molar-refractivity contribution in [3.8, 4) is 0 Å². The number of nitrogens with zero attached hydrogens (tertiary/aromatic N) is 3. The van der Waals surface area contributed by atoms with Crippen LogP contribution in [0.1, 0.15) is 15.9 Å². The Labute approximate surface area is 153 Å². The van der Waals surface area contributed by atoms with Crippen LogP contribution in [0.15, 0.2) is 30.5 Å². The molecule has 3 rings (SSSR count). The van der Waals surface area contributed by atoms with E-state index in [1.165, 1.54) is 7.05 Å². The molecule has 1 aliphatic rings. The normalized spacial score (nSPS) is 14.7. The standard InChI is InChI=1S/C17H18F3N5O2/c1-21-14-13(17(18,19)20)10-22-16(24-14)23-12-4-2-11(3-5-12)15(26)25-6-8-27-9-7-25/h2-5,10H,6-9H2,1H3,(H2,21,22,23,24). The van der Waals surface area contributed by atoms with Crippen molar-refractivity contribution in [2.24, 2.45) is 0 Å². The minimum absolute atomic E-state index is 0.0135. The maximum atomic E-state index is 12.9. The van der Waals surface area contributed by atoms with E-state index in [0.717, 1.165) is 6.20 Å². The van der Waals surface area contributed by atoms with Gasteiger partial charge in [0.2, 0.25) is 5.95 Å². The number of hydrogen-bond acceptors (Lipinski definition) is 6. The van der Waals surface area contributed by atoms with Gasteiger partial charge >= 0.3 is 6.18 Å². The molecule has 0 spiro atoms. The molecule has 144 valence electrons. The second-order valence-electron chi connectivity index (χ2n) is 5.81. The van der Waals surface area contributed by atoms with Gasteiger partial charge in [0.25, 0.3) is 5.91 Å². The van der Waals surface area contributed by atoms with E-state index in [1.807, 2.05) is 0 Å². The van der Waals surface area contributed by atoms with Gasteiger partial charge in [-0.3, -0.25) is 4.79 Å². The zero-order valence-corrected chi connectivity index (χ0v) is 14.5. The molecule has 10 heteroatoms. The SMILES string of the molecule is CNc1nc(Nc2ccc(C(=O)N3CCOCC3)cc2)ncc1C(F)(F)F. The summed E-state index contributed by atoms with van der Waals surface area (Å²) in [5, 5.41) is 5.25. The number of carbonyl (C=O) groups is 1. The van der Waals surface area contributed by atoms with Crippen molar-refractivity contribution in [3.63, 3.8) is 0 Å². The number of rotatable bonds is 4. The van der Waals surface area contributed by atoms with Crippen LogP contribution in [0.25, 0.3) is 0 Å². The number of carbonyl (C=O) groups excluding carboxylic acids is 1. The summed E-state index contributed by atoms with van der Waals surface area (Å²) in [7, 11) is 1.35. The number of nitrogens with one attached hydrogen (secondary N) is 2. The Bertz CT molecular complexity index is 805. The summed E-state index contributed by atoms with van der Waals surface area (Å²) in [6, 6.07) is 6.58. The number of amides is 1. The van der Waals surface area contributed by atoms with Gasteiger partial charge in [-0.15, -0.1) is 0 Å². The number of hydrogen-bond donors (Lipinski definition) is 2. The molecule has 0 unspecified atom stereocenters. The molecule has 1 aliphatic heterocycles. The van der Waals surface area contributed by atoms with Crippen molar-refractivity contribution >= 4 is 23.4 Å². The molecule has 1 fully saturated rings. The lowest BCUT2D eigenvalue weighted by atomic mass is 10.1. The molecule has 1 amide bonds. The number of morpholine rings is 1. The van der Waals surface area contributed by atoms with Crippen LogP contribution in [0.4, 0.5) is 30.6 Å². The number of halogens is 3. The summed E-state index contributed by atoms with van der Waals surface area (Å²) < 4.78 is 43.9. The zero-order valence-electron chi connectivity index (χ0n) is 14.5. The number of benzene rings is 1. The summed E-state index contributed by atoms with van der Waals surface area (Å²) in [5.41, 5.74) is 0.129. The van der Waals surface area contributed by atoms with Crippen molar-refractivity contribution in [2.45, 2.75) is 6.18 Å². The summed E-state index contributed by atoms with van der Waals surface area (Å²) in [6.07, 6.45) is -3.82. The molecule has 7 nitrogen and oxygen atoms in total. The van der Waals surface area contributed by atoms with Crippen LogP contribution in [-0.2, 0) is 10.9 Å². The molecule has 1 aromatic carbocycles. The Morgan fingerprint density at radius 2 is 1.85 bits per heavy atom. The highest BCUT2D eigenvalue weighted by Crippen LogP contribution is 2.33. The van der Waals surface area contributed by atoms with Gasteiger partial charge in [-0.25, -0.2) is 4.98 Å². The second kappa shape index (κ2) is 7.78. The number of alkyl halides is 3. The minimum atomic E-state index is -4.54. The predicted octanol–water partition coefficient (Wildman–Crippen LogP) is 2.75. The maximum absolute atomic E-state index is 12.9. The Balaban J connectivity index is 1.72. The molecule has 27 heavy (non-hydrogen) atoms. The first-order valence-corrected chi connectivity index (χ1v) is 8.24. The zero-order chi connectivity index (χ0) is 19.4. The Hall–Kier alpha value is -2.88. The molecule has 0 saturated carbocycles. The molecule has 1 saturated heterocycles. The molecule has 0 atom stereocenters. The van der Waals surface area contributed by atoms with E-state index in [2.05, 4.69) is 20.6 Å². The van der Waals surface area contributed by atoms with E-state index in [4.69, 9.17) is 4.74 Å². The maximum Gasteiger partial charge on any atom is 0.421 e. The largest absolute Gasteiger partial charge is 0.421 e. The fourth-order valence-corrected chi connectivity index (χ4v) is 2.61. The Morgan fingerprint density at radius 3 is 2.44 bits per heavy atom. The summed E-state index contributed by atoms with van der Waals surface area (Å²) in [5.74, 6) is -0.396. The van der Waals surface area contributed by atoms with Gasteiger partial charge in [0, 0.05) is 37.6 Å². The molecular weight excluding hydrogens is 363 g/mol. The molecule has 0 bridgehead atoms. The van der Waals surface area contributed by atoms with Crippen LogP contribution in [-0.4, -0.2) is 54.1 Å². The lowest BCUT2D eigenvalue weighted by Gasteiger charge is -2.26. The van der Waals surface area contributed by atoms with Crippen LogP contribution in [0.5, 0.6) is 0 Å². The predicted molar refractivity (Wildman–Crippen MR) is 93.0 cm³/mol. The van der Waals surface area contributed by atoms with Gasteiger partial charge in [0.05, 0.1) is 13.2 Å². The van der Waals surface area contributed by atoms with E-state index >= 15 is 0 Å². The Morgan fingerprint density at radius 1 is 1.19 bits per heavy atom. The van der Waals surface area contributed by atoms with Gasteiger partial charge in [-0.2, -0.15) is 18.2 Å². The first-order valence-electron chi connectivity index (χ1n) is 8.24. The second-order valence-corrected chi connectivity index (χ2v) is 5.81. The van der Waals surface area contributed by atoms with E-state index in [1.54, 1.807) is 29.2 Å². The van der Waals surface area contributed by atoms with Crippen molar-refractivity contribution in [1.29, 1.82) is 0 Å². The number of aromatic nitrogens is 2. The van der Waals surface area contributed by atoms with Crippen LogP contribution in [0.3, 0.4) is 0 Å². The van der Waals surface area contributed by atoms with Crippen LogP contribution >= 0.6 is 0 Å². The van der Waals surface area contributed by atoms with Gasteiger partial charge in [0.15, 0.2) is 0 Å². The lowest BCUT2D eigenvalue weighted by Crippen LogP contribution is -2.40. The van der Waals surface area contributed by atoms with Gasteiger partial charge in [-0.05, 0) is 24.3 Å². The van der Waals surface area contributed by atoms with E-state index in [0.29, 0.717) is 37.6 Å². The lowest BCUT2D eigenvalue weighted by molar-refractivity contribution is -0.137. The van der Waals surface area contributed by atoms with Crippen molar-refractivity contribution in [3.05, 3.63) is 41.6 Å². The Kier molecular flexibility index (Phi) is 5.45. The first kappa shape index (κ1) is 18.9. The van der Waals surface area contributed by atoms with E-state index in [-0.39, 0.29) is 17.7 Å². The van der Waals surface area contributed by atoms with Gasteiger partial charge in [0.1, 0.15) is 11.4 Å². The molecule has 0 radical (unpaired) electrons. The smallest absolute Gasteiger partial charge is 0.378 e. The number of anilines is 3. The third kappa shape index (κ3) is 4.45. The van der Waals surface area contributed by atoms with Crippen LogP contribution in [0.2, 0.25) is 0 Å². The fourth-order valence-electron chi connectivity index (χ4n) is 2.61. The minimum Gasteiger partial charge on any atom is -0.378 e. The van der Waals surface area contributed by atoms with Crippen molar-refractivity contribution in [1.82, 2.24) is 14.9 Å². The van der Waals surface area contributed by atoms with Crippen molar-refractivity contribution < 1.29 is 22.7 Å². The van der Waals surface area contributed by atoms with E-state index in [9.17, 15) is 18.0 Å². The molecule has 0 aliphatic carbocycles. The third-order valence-corrected chi connectivity index (χ3v) is 4.02. The summed E-state index contributed by atoms with van der Waals surface area (Å²) >= 11 is 0. The van der Waals surface area contributed by atoms with Crippen LogP contribution < -0.4 is 10.6 Å². The summed E-state index contributed by atoms with van der Waals surface area (Å²) in [6.45, 7) is 2.13. The van der Waals surface area contributed by atoms with Crippen LogP contribution in [0, 0.1) is 0 Å². The molecule has 2 heterocycles. The number of ether oxygens (including phenoxy) is 1. The third-order valence-electron chi connectivity index (χ3n) is 4.02. The van der Waals surface area contributed by atoms with E-state index < -0.39 is 11.7 Å². The highest BCUT2D eigenvalue weighted by molar-refractivity contribution is 5.94. The highest BCUT2D eigenvalue weighted by atomic mass is 19.4. The molecule has 1 aromatic heterocycles.